The van der Waals surface area contributed by atoms with Crippen LogP contribution in [0.3, 0.4) is 0 Å². The number of anilines is 3. The van der Waals surface area contributed by atoms with E-state index in [2.05, 4.69) is 21.9 Å². The molecule has 3 rings (SSSR count). The van der Waals surface area contributed by atoms with Gasteiger partial charge in [0.1, 0.15) is 6.61 Å². The Morgan fingerprint density at radius 2 is 2.10 bits per heavy atom. The van der Waals surface area contributed by atoms with E-state index in [1.54, 1.807) is 21.7 Å². The van der Waals surface area contributed by atoms with E-state index in [9.17, 15) is 9.59 Å². The van der Waals surface area contributed by atoms with E-state index >= 15 is 0 Å². The van der Waals surface area contributed by atoms with Crippen LogP contribution in [0.15, 0.2) is 47.7 Å². The van der Waals surface area contributed by atoms with Crippen molar-refractivity contribution in [2.75, 3.05) is 16.8 Å². The molecule has 0 unspecified atom stereocenters. The highest BCUT2D eigenvalue weighted by Crippen LogP contribution is 2.29. The van der Waals surface area contributed by atoms with Crippen LogP contribution >= 0.6 is 22.7 Å². The molecule has 2 aromatic heterocycles. The van der Waals surface area contributed by atoms with Gasteiger partial charge in [0.25, 0.3) is 0 Å². The number of carbonyl (C=O) groups is 2. The topological polar surface area (TPSA) is 84.4 Å². The van der Waals surface area contributed by atoms with Gasteiger partial charge in [0.2, 0.25) is 5.91 Å². The number of nitrogens with zero attached hydrogens (tertiary/aromatic N) is 3. The largest absolute Gasteiger partial charge is 0.454 e. The SMILES string of the molecule is C=CCNc1nc(C(=O)OCc2csc(N(C(C)=O)c3cccc(C)c3)n2)cs1. The van der Waals surface area contributed by atoms with Gasteiger partial charge in [0, 0.05) is 24.2 Å². The lowest BCUT2D eigenvalue weighted by Crippen LogP contribution is -2.22. The fraction of sp³-hybridized carbons (Fsp3) is 0.200. The Bertz CT molecular complexity index is 1030. The number of benzene rings is 1. The standard InChI is InChI=1S/C20H20N4O3S2/c1-4-8-21-19-23-17(12-28-19)18(26)27-10-15-11-29-20(22-15)24(14(3)25)16-7-5-6-13(2)9-16/h4-7,9,11-12H,1,8,10H2,2-3H3,(H,21,23). The number of rotatable bonds is 8. The Balaban J connectivity index is 1.66. The molecule has 29 heavy (non-hydrogen) atoms. The Hall–Kier alpha value is -3.04. The molecule has 0 spiro atoms. The maximum atomic E-state index is 12.2. The van der Waals surface area contributed by atoms with E-state index in [0.29, 0.717) is 22.5 Å². The Kier molecular flexibility index (Phi) is 6.73. The molecule has 0 aliphatic carbocycles. The first-order valence-corrected chi connectivity index (χ1v) is 10.5. The molecule has 1 aromatic carbocycles. The molecular weight excluding hydrogens is 408 g/mol. The summed E-state index contributed by atoms with van der Waals surface area (Å²) in [5.74, 6) is -0.667. The second-order valence-corrected chi connectivity index (χ2v) is 7.79. The van der Waals surface area contributed by atoms with Gasteiger partial charge in [-0.15, -0.1) is 29.3 Å². The maximum absolute atomic E-state index is 12.2. The van der Waals surface area contributed by atoms with E-state index in [4.69, 9.17) is 4.74 Å². The number of ether oxygens (including phenoxy) is 1. The van der Waals surface area contributed by atoms with E-state index in [1.165, 1.54) is 29.6 Å². The summed E-state index contributed by atoms with van der Waals surface area (Å²) < 4.78 is 5.31. The van der Waals surface area contributed by atoms with Crippen LogP contribution in [-0.4, -0.2) is 28.4 Å². The summed E-state index contributed by atoms with van der Waals surface area (Å²) in [4.78, 5) is 34.6. The van der Waals surface area contributed by atoms with Crippen molar-refractivity contribution in [2.45, 2.75) is 20.5 Å². The van der Waals surface area contributed by atoms with Crippen LogP contribution in [0.2, 0.25) is 0 Å². The van der Waals surface area contributed by atoms with Crippen molar-refractivity contribution in [2.24, 2.45) is 0 Å². The highest BCUT2D eigenvalue weighted by atomic mass is 32.1. The molecule has 1 amide bonds. The van der Waals surface area contributed by atoms with Gasteiger partial charge in [0.05, 0.1) is 11.4 Å². The zero-order valence-corrected chi connectivity index (χ0v) is 17.7. The highest BCUT2D eigenvalue weighted by Gasteiger charge is 2.19. The normalized spacial score (nSPS) is 10.4. The fourth-order valence-electron chi connectivity index (χ4n) is 2.48. The Morgan fingerprint density at radius 3 is 2.83 bits per heavy atom. The minimum atomic E-state index is -0.524. The van der Waals surface area contributed by atoms with Gasteiger partial charge < -0.3 is 10.1 Å². The number of aromatic nitrogens is 2. The van der Waals surface area contributed by atoms with Crippen LogP contribution in [0.5, 0.6) is 0 Å². The van der Waals surface area contributed by atoms with Gasteiger partial charge in [-0.2, -0.15) is 0 Å². The lowest BCUT2D eigenvalue weighted by Gasteiger charge is -2.18. The van der Waals surface area contributed by atoms with Crippen molar-refractivity contribution in [1.82, 2.24) is 9.97 Å². The summed E-state index contributed by atoms with van der Waals surface area (Å²) in [7, 11) is 0. The highest BCUT2D eigenvalue weighted by molar-refractivity contribution is 7.14. The van der Waals surface area contributed by atoms with Crippen molar-refractivity contribution < 1.29 is 14.3 Å². The second-order valence-electron chi connectivity index (χ2n) is 6.10. The molecule has 9 heteroatoms. The van der Waals surface area contributed by atoms with Gasteiger partial charge in [-0.3, -0.25) is 9.69 Å². The summed E-state index contributed by atoms with van der Waals surface area (Å²) in [6.07, 6.45) is 1.71. The number of hydrogen-bond acceptors (Lipinski definition) is 8. The predicted molar refractivity (Wildman–Crippen MR) is 116 cm³/mol. The van der Waals surface area contributed by atoms with E-state index in [-0.39, 0.29) is 18.2 Å². The van der Waals surface area contributed by atoms with E-state index in [0.717, 1.165) is 11.3 Å². The number of aryl methyl sites for hydroxylation is 1. The quantitative estimate of drug-likeness (QED) is 0.419. The van der Waals surface area contributed by atoms with Gasteiger partial charge in [0.15, 0.2) is 16.0 Å². The van der Waals surface area contributed by atoms with Crippen molar-refractivity contribution in [3.8, 4) is 0 Å². The maximum Gasteiger partial charge on any atom is 0.358 e. The summed E-state index contributed by atoms with van der Waals surface area (Å²) in [6, 6.07) is 7.63. The zero-order chi connectivity index (χ0) is 20.8. The average Bonchev–Trinajstić information content (AvgIpc) is 3.34. The Morgan fingerprint density at radius 1 is 1.28 bits per heavy atom. The Labute approximate surface area is 176 Å². The van der Waals surface area contributed by atoms with Gasteiger partial charge >= 0.3 is 5.97 Å². The molecule has 0 saturated heterocycles. The first-order chi connectivity index (χ1) is 14.0. The number of nitrogens with one attached hydrogen (secondary N) is 1. The molecule has 0 fully saturated rings. The minimum Gasteiger partial charge on any atom is -0.454 e. The third-order valence-corrected chi connectivity index (χ3v) is 5.44. The summed E-state index contributed by atoms with van der Waals surface area (Å²) >= 11 is 2.64. The molecule has 2 heterocycles. The number of esters is 1. The molecular formula is C20H20N4O3S2. The minimum absolute atomic E-state index is 0.00183. The van der Waals surface area contributed by atoms with Crippen LogP contribution in [0, 0.1) is 6.92 Å². The second kappa shape index (κ2) is 9.44. The molecule has 0 aliphatic heterocycles. The molecule has 0 radical (unpaired) electrons. The summed E-state index contributed by atoms with van der Waals surface area (Å²) in [6.45, 7) is 7.64. The first kappa shape index (κ1) is 20.7. The van der Waals surface area contributed by atoms with Crippen molar-refractivity contribution in [1.29, 1.82) is 0 Å². The van der Waals surface area contributed by atoms with Gasteiger partial charge in [-0.25, -0.2) is 14.8 Å². The van der Waals surface area contributed by atoms with Crippen LogP contribution in [-0.2, 0) is 16.1 Å². The van der Waals surface area contributed by atoms with Gasteiger partial charge in [-0.1, -0.05) is 18.2 Å². The fourth-order valence-corrected chi connectivity index (χ4v) is 4.04. The number of hydrogen-bond donors (Lipinski definition) is 1. The van der Waals surface area contributed by atoms with Crippen LogP contribution in [0.25, 0.3) is 0 Å². The van der Waals surface area contributed by atoms with E-state index in [1.807, 2.05) is 31.2 Å². The predicted octanol–water partition coefficient (Wildman–Crippen LogP) is 4.55. The van der Waals surface area contributed by atoms with Crippen LogP contribution in [0.1, 0.15) is 28.7 Å². The van der Waals surface area contributed by atoms with Crippen molar-refractivity contribution >= 4 is 50.5 Å². The average molecular weight is 429 g/mol. The molecule has 0 aliphatic rings. The smallest absolute Gasteiger partial charge is 0.358 e. The van der Waals surface area contributed by atoms with Gasteiger partial charge in [-0.05, 0) is 24.6 Å². The number of thiazole rings is 2. The third-order valence-electron chi connectivity index (χ3n) is 3.77. The molecule has 1 N–H and O–H groups in total. The summed E-state index contributed by atoms with van der Waals surface area (Å²) in [5.41, 5.74) is 2.60. The lowest BCUT2D eigenvalue weighted by atomic mass is 10.2. The lowest BCUT2D eigenvalue weighted by molar-refractivity contribution is -0.115. The van der Waals surface area contributed by atoms with Crippen molar-refractivity contribution in [3.05, 3.63) is 64.6 Å². The third kappa shape index (κ3) is 5.27. The van der Waals surface area contributed by atoms with Crippen molar-refractivity contribution in [3.63, 3.8) is 0 Å². The first-order valence-electron chi connectivity index (χ1n) is 8.77. The monoisotopic (exact) mass is 428 g/mol. The molecule has 0 atom stereocenters. The summed E-state index contributed by atoms with van der Waals surface area (Å²) in [5, 5.41) is 7.58. The molecule has 7 nitrogen and oxygen atoms in total. The van der Waals surface area contributed by atoms with E-state index < -0.39 is 5.97 Å². The molecule has 0 saturated carbocycles. The van der Waals surface area contributed by atoms with Crippen LogP contribution < -0.4 is 10.2 Å². The zero-order valence-electron chi connectivity index (χ0n) is 16.0. The number of carbonyl (C=O) groups excluding carboxylic acids is 2. The number of amides is 1. The van der Waals surface area contributed by atoms with Crippen LogP contribution in [0.4, 0.5) is 16.0 Å². The molecule has 150 valence electrons. The molecule has 0 bridgehead atoms. The molecule has 3 aromatic rings.